The van der Waals surface area contributed by atoms with E-state index in [1.54, 1.807) is 23.6 Å². The van der Waals surface area contributed by atoms with Gasteiger partial charge >= 0.3 is 0 Å². The number of carbonyl (C=O) groups is 2. The predicted molar refractivity (Wildman–Crippen MR) is 112 cm³/mol. The molecular formula is C20H28N4O3S. The van der Waals surface area contributed by atoms with E-state index in [1.165, 1.54) is 11.8 Å². The topological polar surface area (TPSA) is 93.1 Å². The molecule has 0 bridgehead atoms. The molecule has 2 rings (SSSR count). The van der Waals surface area contributed by atoms with Gasteiger partial charge in [-0.05, 0) is 38.3 Å². The van der Waals surface area contributed by atoms with Gasteiger partial charge in [0.2, 0.25) is 11.8 Å². The van der Waals surface area contributed by atoms with Crippen molar-refractivity contribution in [3.05, 3.63) is 34.6 Å². The average molecular weight is 405 g/mol. The fourth-order valence-electron chi connectivity index (χ4n) is 2.65. The zero-order chi connectivity index (χ0) is 20.7. The maximum Gasteiger partial charge on any atom is 0.262 e. The maximum absolute atomic E-state index is 12.9. The number of thioether (sulfide) groups is 1. The molecule has 1 heterocycles. The molecule has 1 atom stereocenters. The fraction of sp³-hybridized carbons (Fsp3) is 0.500. The molecule has 28 heavy (non-hydrogen) atoms. The normalized spacial score (nSPS) is 12.2. The quantitative estimate of drug-likeness (QED) is 0.494. The molecule has 0 aliphatic rings. The summed E-state index contributed by atoms with van der Waals surface area (Å²) in [6.07, 6.45) is 0.841. The van der Waals surface area contributed by atoms with E-state index < -0.39 is 6.04 Å². The first-order chi connectivity index (χ1) is 13.3. The third kappa shape index (κ3) is 5.82. The molecule has 0 unspecified atom stereocenters. The van der Waals surface area contributed by atoms with Crippen LogP contribution in [0.2, 0.25) is 0 Å². The Labute approximate surface area is 169 Å². The van der Waals surface area contributed by atoms with E-state index in [-0.39, 0.29) is 23.1 Å². The zero-order valence-corrected chi connectivity index (χ0v) is 17.6. The second-order valence-electron chi connectivity index (χ2n) is 7.02. The summed E-state index contributed by atoms with van der Waals surface area (Å²) in [5.41, 5.74) is 0.525. The molecule has 0 radical (unpaired) electrons. The summed E-state index contributed by atoms with van der Waals surface area (Å²) < 4.78 is 1.65. The zero-order valence-electron chi connectivity index (χ0n) is 16.8. The van der Waals surface area contributed by atoms with Gasteiger partial charge in [-0.2, -0.15) is 0 Å². The number of hydrogen-bond acceptors (Lipinski definition) is 5. The number of nitrogens with one attached hydrogen (secondary N) is 2. The fourth-order valence-corrected chi connectivity index (χ4v) is 3.48. The van der Waals surface area contributed by atoms with Gasteiger partial charge in [0.15, 0.2) is 5.16 Å². The predicted octanol–water partition coefficient (Wildman–Crippen LogP) is 2.18. The Morgan fingerprint density at radius 3 is 2.61 bits per heavy atom. The molecule has 1 aromatic carbocycles. The van der Waals surface area contributed by atoms with Crippen LogP contribution in [0.3, 0.4) is 0 Å². The summed E-state index contributed by atoms with van der Waals surface area (Å²) in [5.74, 6) is 0.0217. The van der Waals surface area contributed by atoms with Gasteiger partial charge in [-0.3, -0.25) is 19.0 Å². The van der Waals surface area contributed by atoms with Crippen LogP contribution in [-0.4, -0.2) is 39.7 Å². The van der Waals surface area contributed by atoms with Crippen molar-refractivity contribution in [2.75, 3.05) is 12.3 Å². The van der Waals surface area contributed by atoms with E-state index in [1.807, 2.05) is 19.1 Å². The number of aromatic nitrogens is 2. The molecule has 0 fully saturated rings. The van der Waals surface area contributed by atoms with Gasteiger partial charge in [0.05, 0.1) is 16.7 Å². The molecule has 2 N–H and O–H groups in total. The molecule has 0 saturated carbocycles. The van der Waals surface area contributed by atoms with Gasteiger partial charge in [0.1, 0.15) is 6.04 Å². The van der Waals surface area contributed by atoms with E-state index in [0.717, 1.165) is 6.42 Å². The maximum atomic E-state index is 12.9. The number of para-hydroxylation sites is 1. The van der Waals surface area contributed by atoms with Crippen molar-refractivity contribution < 1.29 is 9.59 Å². The molecule has 7 nitrogen and oxygen atoms in total. The molecule has 0 aliphatic heterocycles. The summed E-state index contributed by atoms with van der Waals surface area (Å²) in [6.45, 7) is 8.72. The van der Waals surface area contributed by atoms with Gasteiger partial charge in [0, 0.05) is 13.1 Å². The number of likely N-dealkylation sites (N-methyl/N-ethyl adjacent to an activating group) is 1. The third-order valence-electron chi connectivity index (χ3n) is 4.21. The Bertz CT molecular complexity index is 895. The number of amides is 2. The second-order valence-corrected chi connectivity index (χ2v) is 7.97. The molecule has 2 amide bonds. The van der Waals surface area contributed by atoms with Crippen molar-refractivity contribution >= 4 is 34.5 Å². The summed E-state index contributed by atoms with van der Waals surface area (Å²) in [4.78, 5) is 41.5. The summed E-state index contributed by atoms with van der Waals surface area (Å²) in [7, 11) is 0. The largest absolute Gasteiger partial charge is 0.355 e. The van der Waals surface area contributed by atoms with Crippen molar-refractivity contribution in [2.45, 2.75) is 51.9 Å². The highest BCUT2D eigenvalue weighted by molar-refractivity contribution is 7.99. The first-order valence-electron chi connectivity index (χ1n) is 9.53. The monoisotopic (exact) mass is 404 g/mol. The lowest BCUT2D eigenvalue weighted by Crippen LogP contribution is -2.45. The number of fused-ring (bicyclic) bond motifs is 1. The minimum absolute atomic E-state index is 0.0796. The van der Waals surface area contributed by atoms with Crippen molar-refractivity contribution in [3.8, 4) is 0 Å². The van der Waals surface area contributed by atoms with Crippen molar-refractivity contribution in [2.24, 2.45) is 5.92 Å². The van der Waals surface area contributed by atoms with E-state index in [0.29, 0.717) is 35.1 Å². The Kier molecular flexibility index (Phi) is 8.04. The highest BCUT2D eigenvalue weighted by Crippen LogP contribution is 2.18. The summed E-state index contributed by atoms with van der Waals surface area (Å²) in [6, 6.07) is 6.61. The van der Waals surface area contributed by atoms with E-state index >= 15 is 0 Å². The molecule has 0 spiro atoms. The van der Waals surface area contributed by atoms with E-state index in [9.17, 15) is 14.4 Å². The number of carbonyl (C=O) groups excluding carboxylic acids is 2. The van der Waals surface area contributed by atoms with Gasteiger partial charge in [-0.25, -0.2) is 4.98 Å². The number of hydrogen-bond donors (Lipinski definition) is 2. The lowest BCUT2D eigenvalue weighted by atomic mass is 10.1. The van der Waals surface area contributed by atoms with Crippen molar-refractivity contribution in [1.29, 1.82) is 0 Å². The Morgan fingerprint density at radius 2 is 1.93 bits per heavy atom. The minimum atomic E-state index is -0.610. The van der Waals surface area contributed by atoms with Crippen molar-refractivity contribution in [3.63, 3.8) is 0 Å². The summed E-state index contributed by atoms with van der Waals surface area (Å²) in [5, 5.41) is 6.43. The lowest BCUT2D eigenvalue weighted by Gasteiger charge is -2.15. The van der Waals surface area contributed by atoms with Crippen LogP contribution in [0.4, 0.5) is 0 Å². The highest BCUT2D eigenvalue weighted by atomic mass is 32.2. The average Bonchev–Trinajstić information content (AvgIpc) is 2.65. The van der Waals surface area contributed by atoms with E-state index in [2.05, 4.69) is 29.5 Å². The standard InChI is InChI=1S/C20H28N4O3S/c1-5-21-18(26)14(4)22-17(25)12-28-20-23-16-9-7-6-8-15(16)19(27)24(20)11-10-13(2)3/h6-9,13-14H,5,10-12H2,1-4H3,(H,21,26)(H,22,25)/t14-/m1/s1. The first kappa shape index (κ1) is 21.9. The van der Waals surface area contributed by atoms with Crippen LogP contribution < -0.4 is 16.2 Å². The Morgan fingerprint density at radius 1 is 1.21 bits per heavy atom. The molecule has 0 saturated heterocycles. The van der Waals surface area contributed by atoms with Crippen molar-refractivity contribution in [1.82, 2.24) is 20.2 Å². The number of nitrogens with zero attached hydrogens (tertiary/aromatic N) is 2. The number of rotatable bonds is 9. The summed E-state index contributed by atoms with van der Waals surface area (Å²) >= 11 is 1.21. The molecule has 152 valence electrons. The van der Waals surface area contributed by atoms with Gasteiger partial charge in [-0.1, -0.05) is 37.7 Å². The molecule has 2 aromatic rings. The second kappa shape index (κ2) is 10.3. The van der Waals surface area contributed by atoms with Crippen LogP contribution in [0.5, 0.6) is 0 Å². The van der Waals surface area contributed by atoms with Crippen LogP contribution in [0.1, 0.15) is 34.1 Å². The smallest absolute Gasteiger partial charge is 0.262 e. The van der Waals surface area contributed by atoms with Crippen LogP contribution in [0.15, 0.2) is 34.2 Å². The third-order valence-corrected chi connectivity index (χ3v) is 5.19. The van der Waals surface area contributed by atoms with Crippen LogP contribution in [0.25, 0.3) is 10.9 Å². The van der Waals surface area contributed by atoms with Crippen LogP contribution in [-0.2, 0) is 16.1 Å². The lowest BCUT2D eigenvalue weighted by molar-refractivity contribution is -0.127. The van der Waals surface area contributed by atoms with Gasteiger partial charge in [-0.15, -0.1) is 0 Å². The molecular weight excluding hydrogens is 376 g/mol. The molecule has 1 aromatic heterocycles. The SMILES string of the molecule is CCNC(=O)[C@@H](C)NC(=O)CSc1nc2ccccc2c(=O)n1CCC(C)C. The molecule has 0 aliphatic carbocycles. The number of benzene rings is 1. The Balaban J connectivity index is 2.18. The first-order valence-corrected chi connectivity index (χ1v) is 10.5. The minimum Gasteiger partial charge on any atom is -0.355 e. The van der Waals surface area contributed by atoms with Gasteiger partial charge < -0.3 is 10.6 Å². The van der Waals surface area contributed by atoms with Crippen LogP contribution in [0, 0.1) is 5.92 Å². The van der Waals surface area contributed by atoms with Crippen LogP contribution >= 0.6 is 11.8 Å². The van der Waals surface area contributed by atoms with E-state index in [4.69, 9.17) is 0 Å². The molecule has 8 heteroatoms. The highest BCUT2D eigenvalue weighted by Gasteiger charge is 2.17. The Hall–Kier alpha value is -2.35. The van der Waals surface area contributed by atoms with Gasteiger partial charge in [0.25, 0.3) is 5.56 Å².